The van der Waals surface area contributed by atoms with Gasteiger partial charge in [0.1, 0.15) is 11.4 Å². The molecule has 4 heteroatoms. The number of nitrogens with zero attached hydrogens (tertiary/aromatic N) is 3. The molecule has 4 nitrogen and oxygen atoms in total. The van der Waals surface area contributed by atoms with Gasteiger partial charge in [0, 0.05) is 24.7 Å². The maximum atomic E-state index is 12.6. The zero-order valence-electron chi connectivity index (χ0n) is 12.5. The number of benzene rings is 1. The molecule has 3 rings (SSSR count). The first-order valence-corrected chi connectivity index (χ1v) is 7.44. The molecule has 0 amide bonds. The number of imidazole rings is 1. The summed E-state index contributed by atoms with van der Waals surface area (Å²) in [7, 11) is 1.85. The quantitative estimate of drug-likeness (QED) is 0.690. The van der Waals surface area contributed by atoms with Crippen LogP contribution in [0.4, 0.5) is 0 Å². The zero-order chi connectivity index (χ0) is 14.8. The van der Waals surface area contributed by atoms with Crippen molar-refractivity contribution in [1.82, 2.24) is 9.55 Å². The number of fused-ring (bicyclic) bond motifs is 2. The van der Waals surface area contributed by atoms with Crippen LogP contribution in [0.25, 0.3) is 0 Å². The molecule has 0 saturated heterocycles. The highest BCUT2D eigenvalue weighted by atomic mass is 16.1. The molecule has 2 aromatic rings. The first-order chi connectivity index (χ1) is 10.2. The normalized spacial score (nSPS) is 15.1. The second-order valence-corrected chi connectivity index (χ2v) is 5.36. The van der Waals surface area contributed by atoms with E-state index < -0.39 is 0 Å². The molecule has 0 aliphatic heterocycles. The van der Waals surface area contributed by atoms with Gasteiger partial charge in [-0.1, -0.05) is 44.0 Å². The average molecular weight is 281 g/mol. The number of hydrogen-bond acceptors (Lipinski definition) is 3. The summed E-state index contributed by atoms with van der Waals surface area (Å²) in [6.45, 7) is 2.96. The number of hydrogen-bond donors (Lipinski definition) is 0. The van der Waals surface area contributed by atoms with E-state index in [-0.39, 0.29) is 5.78 Å². The van der Waals surface area contributed by atoms with E-state index in [9.17, 15) is 4.79 Å². The average Bonchev–Trinajstić information content (AvgIpc) is 2.89. The molecule has 1 aliphatic carbocycles. The fourth-order valence-electron chi connectivity index (χ4n) is 2.73. The first-order valence-electron chi connectivity index (χ1n) is 7.44. The summed E-state index contributed by atoms with van der Waals surface area (Å²) in [5, 5.41) is 0. The Morgan fingerprint density at radius 3 is 2.71 bits per heavy atom. The van der Waals surface area contributed by atoms with Gasteiger partial charge in [-0.2, -0.15) is 0 Å². The van der Waals surface area contributed by atoms with Gasteiger partial charge in [-0.15, -0.1) is 0 Å². The van der Waals surface area contributed by atoms with E-state index in [0.29, 0.717) is 5.69 Å². The van der Waals surface area contributed by atoms with E-state index in [1.807, 2.05) is 31.3 Å². The van der Waals surface area contributed by atoms with Gasteiger partial charge in [0.2, 0.25) is 5.78 Å². The minimum Gasteiger partial charge on any atom is -0.330 e. The number of unbranched alkanes of at least 4 members (excludes halogenated alkanes) is 2. The first kappa shape index (κ1) is 13.7. The van der Waals surface area contributed by atoms with Gasteiger partial charge >= 0.3 is 0 Å². The van der Waals surface area contributed by atoms with Crippen LogP contribution < -0.4 is 0 Å². The fraction of sp³-hybridized carbons (Fsp3) is 0.353. The smallest absolute Gasteiger partial charge is 0.212 e. The monoisotopic (exact) mass is 281 g/mol. The number of rotatable bonds is 4. The van der Waals surface area contributed by atoms with Gasteiger partial charge in [-0.05, 0) is 6.42 Å². The molecular formula is C17H19N3O. The lowest BCUT2D eigenvalue weighted by Gasteiger charge is -2.17. The van der Waals surface area contributed by atoms with Crippen molar-refractivity contribution in [1.29, 1.82) is 0 Å². The van der Waals surface area contributed by atoms with Crippen LogP contribution in [0.2, 0.25) is 0 Å². The van der Waals surface area contributed by atoms with Gasteiger partial charge in [-0.25, -0.2) is 4.98 Å². The van der Waals surface area contributed by atoms with E-state index in [0.717, 1.165) is 35.5 Å². The van der Waals surface area contributed by atoms with E-state index >= 15 is 0 Å². The molecule has 0 N–H and O–H groups in total. The Balaban J connectivity index is 2.08. The largest absolute Gasteiger partial charge is 0.330 e. The minimum absolute atomic E-state index is 0.0353. The van der Waals surface area contributed by atoms with Crippen molar-refractivity contribution in [3.63, 3.8) is 0 Å². The summed E-state index contributed by atoms with van der Waals surface area (Å²) in [4.78, 5) is 21.7. The van der Waals surface area contributed by atoms with Crippen LogP contribution in [0.1, 0.15) is 53.5 Å². The molecule has 108 valence electrons. The Morgan fingerprint density at radius 2 is 1.95 bits per heavy atom. The highest BCUT2D eigenvalue weighted by Gasteiger charge is 2.31. The van der Waals surface area contributed by atoms with E-state index in [4.69, 9.17) is 4.99 Å². The van der Waals surface area contributed by atoms with Gasteiger partial charge < -0.3 is 4.57 Å². The maximum absolute atomic E-state index is 12.6. The molecule has 0 saturated carbocycles. The molecule has 1 aliphatic rings. The number of aryl methyl sites for hydroxylation is 1. The third-order valence-electron chi connectivity index (χ3n) is 3.83. The molecule has 21 heavy (non-hydrogen) atoms. The Hall–Kier alpha value is -2.23. The van der Waals surface area contributed by atoms with Gasteiger partial charge in [0.15, 0.2) is 0 Å². The minimum atomic E-state index is 0.0353. The Labute approximate surface area is 124 Å². The van der Waals surface area contributed by atoms with Crippen molar-refractivity contribution >= 4 is 11.5 Å². The summed E-state index contributed by atoms with van der Waals surface area (Å²) < 4.78 is 1.79. The lowest BCUT2D eigenvalue weighted by atomic mass is 9.89. The summed E-state index contributed by atoms with van der Waals surface area (Å²) in [5.41, 5.74) is 3.85. The Bertz CT molecular complexity index is 713. The summed E-state index contributed by atoms with van der Waals surface area (Å²) in [6, 6.07) is 7.67. The number of carbonyl (C=O) groups is 1. The highest BCUT2D eigenvalue weighted by molar-refractivity contribution is 6.28. The number of aliphatic imine (C=N–C) groups is 1. The second kappa shape index (κ2) is 5.64. The molecule has 0 unspecified atom stereocenters. The van der Waals surface area contributed by atoms with E-state index in [1.54, 1.807) is 10.9 Å². The fourth-order valence-corrected chi connectivity index (χ4v) is 2.73. The lowest BCUT2D eigenvalue weighted by Crippen LogP contribution is -2.23. The molecule has 0 atom stereocenters. The molecule has 1 heterocycles. The van der Waals surface area contributed by atoms with Crippen molar-refractivity contribution in [3.05, 3.63) is 53.1 Å². The van der Waals surface area contributed by atoms with E-state index in [2.05, 4.69) is 11.9 Å². The predicted molar refractivity (Wildman–Crippen MR) is 83.1 cm³/mol. The summed E-state index contributed by atoms with van der Waals surface area (Å²) in [5.74, 6) is 0.0353. The van der Waals surface area contributed by atoms with Gasteiger partial charge in [0.05, 0.1) is 12.0 Å². The Morgan fingerprint density at radius 1 is 1.19 bits per heavy atom. The Kier molecular flexibility index (Phi) is 3.69. The number of carbonyl (C=O) groups excluding carboxylic acids is 1. The molecule has 1 aromatic carbocycles. The van der Waals surface area contributed by atoms with Crippen LogP contribution in [0.5, 0.6) is 0 Å². The predicted octanol–water partition coefficient (Wildman–Crippen LogP) is 2.99. The molecule has 0 bridgehead atoms. The van der Waals surface area contributed by atoms with Gasteiger partial charge in [-0.3, -0.25) is 9.79 Å². The van der Waals surface area contributed by atoms with Crippen molar-refractivity contribution in [3.8, 4) is 0 Å². The van der Waals surface area contributed by atoms with Crippen molar-refractivity contribution in [2.75, 3.05) is 6.54 Å². The molecule has 0 radical (unpaired) electrons. The third-order valence-corrected chi connectivity index (χ3v) is 3.83. The standard InChI is InChI=1S/C17H19N3O/c1-3-4-7-10-18-14-12-8-5-6-9-13(12)17(21)16-15(14)19-11-20(16)2/h5-6,8-9,11H,3-4,7,10H2,1-2H3/b18-14+. The van der Waals surface area contributed by atoms with Crippen molar-refractivity contribution in [2.45, 2.75) is 26.2 Å². The van der Waals surface area contributed by atoms with Crippen molar-refractivity contribution in [2.24, 2.45) is 12.0 Å². The number of aromatic nitrogens is 2. The van der Waals surface area contributed by atoms with Crippen LogP contribution in [0, 0.1) is 0 Å². The SMILES string of the molecule is CCCCC/N=C1\c2ccccc2C(=O)c2c1ncn2C. The third kappa shape index (κ3) is 2.31. The molecular weight excluding hydrogens is 262 g/mol. The van der Waals surface area contributed by atoms with Crippen LogP contribution in [0.15, 0.2) is 35.6 Å². The molecule has 0 fully saturated rings. The summed E-state index contributed by atoms with van der Waals surface area (Å²) in [6.07, 6.45) is 5.11. The molecule has 0 spiro atoms. The lowest BCUT2D eigenvalue weighted by molar-refractivity contribution is 0.103. The topological polar surface area (TPSA) is 47.2 Å². The van der Waals surface area contributed by atoms with Crippen molar-refractivity contribution < 1.29 is 4.79 Å². The van der Waals surface area contributed by atoms with Gasteiger partial charge in [0.25, 0.3) is 0 Å². The number of ketones is 1. The zero-order valence-corrected chi connectivity index (χ0v) is 12.5. The van der Waals surface area contributed by atoms with Crippen LogP contribution in [-0.4, -0.2) is 27.6 Å². The molecule has 1 aromatic heterocycles. The maximum Gasteiger partial charge on any atom is 0.212 e. The van der Waals surface area contributed by atoms with Crippen LogP contribution >= 0.6 is 0 Å². The van der Waals surface area contributed by atoms with E-state index in [1.165, 1.54) is 12.8 Å². The summed E-state index contributed by atoms with van der Waals surface area (Å²) >= 11 is 0. The second-order valence-electron chi connectivity index (χ2n) is 5.36. The highest BCUT2D eigenvalue weighted by Crippen LogP contribution is 2.26. The van der Waals surface area contributed by atoms with Crippen LogP contribution in [-0.2, 0) is 7.05 Å². The van der Waals surface area contributed by atoms with Crippen LogP contribution in [0.3, 0.4) is 0 Å².